The molecule has 0 amide bonds. The van der Waals surface area contributed by atoms with Gasteiger partial charge < -0.3 is 19.7 Å². The second kappa shape index (κ2) is 6.62. The molecule has 118 valence electrons. The minimum Gasteiger partial charge on any atom is -0.477 e. The van der Waals surface area contributed by atoms with E-state index in [4.69, 9.17) is 0 Å². The van der Waals surface area contributed by atoms with Crippen LogP contribution < -0.4 is 0 Å². The Morgan fingerprint density at radius 1 is 1.33 bits per heavy atom. The average molecular weight is 294 g/mol. The van der Waals surface area contributed by atoms with Crippen LogP contribution in [-0.2, 0) is 0 Å². The molecule has 0 unspecified atom stereocenters. The summed E-state index contributed by atoms with van der Waals surface area (Å²) in [6.45, 7) is 6.57. The monoisotopic (exact) mass is 294 g/mol. The molecule has 2 N–H and O–H groups in total. The van der Waals surface area contributed by atoms with Gasteiger partial charge in [-0.05, 0) is 37.8 Å². The van der Waals surface area contributed by atoms with Gasteiger partial charge in [0.2, 0.25) is 0 Å². The van der Waals surface area contributed by atoms with E-state index in [-0.39, 0.29) is 6.04 Å². The molecular formula is C16H26N2O3. The molecule has 1 aliphatic heterocycles. The molecule has 0 saturated carbocycles. The minimum absolute atomic E-state index is 0.249. The molecule has 1 saturated heterocycles. The van der Waals surface area contributed by atoms with E-state index in [1.807, 2.05) is 24.6 Å². The molecule has 2 heterocycles. The molecule has 1 aromatic rings. The molecule has 0 aliphatic carbocycles. The number of aromatic nitrogens is 1. The van der Waals surface area contributed by atoms with Gasteiger partial charge in [0, 0.05) is 31.9 Å². The number of carboxylic acid groups (broad SMARTS) is 1. The Kier molecular flexibility index (Phi) is 5.06. The molecule has 5 nitrogen and oxygen atoms in total. The van der Waals surface area contributed by atoms with Crippen molar-refractivity contribution >= 4 is 5.97 Å². The van der Waals surface area contributed by atoms with E-state index < -0.39 is 11.6 Å². The molecule has 1 fully saturated rings. The van der Waals surface area contributed by atoms with Crippen LogP contribution in [0.25, 0.3) is 0 Å². The molecule has 1 aromatic heterocycles. The van der Waals surface area contributed by atoms with Crippen molar-refractivity contribution in [3.63, 3.8) is 0 Å². The van der Waals surface area contributed by atoms with Crippen molar-refractivity contribution < 1.29 is 15.0 Å². The Hall–Kier alpha value is -1.33. The van der Waals surface area contributed by atoms with Crippen LogP contribution in [0.15, 0.2) is 18.3 Å². The van der Waals surface area contributed by atoms with Crippen molar-refractivity contribution in [3.8, 4) is 0 Å². The highest BCUT2D eigenvalue weighted by molar-refractivity contribution is 5.85. The smallest absolute Gasteiger partial charge is 0.352 e. The number of β-amino-alcohol motifs (C(OH)–C–C–N with tert-alkyl or cyclic N) is 1. The first-order valence-electron chi connectivity index (χ1n) is 7.84. The van der Waals surface area contributed by atoms with Gasteiger partial charge in [0.25, 0.3) is 0 Å². The van der Waals surface area contributed by atoms with Gasteiger partial charge >= 0.3 is 5.97 Å². The first-order chi connectivity index (χ1) is 9.99. The van der Waals surface area contributed by atoms with Gasteiger partial charge in [-0.2, -0.15) is 0 Å². The van der Waals surface area contributed by atoms with Crippen LogP contribution in [0.4, 0.5) is 0 Å². The fourth-order valence-electron chi connectivity index (χ4n) is 3.14. The van der Waals surface area contributed by atoms with E-state index in [2.05, 4.69) is 4.90 Å². The number of aromatic carboxylic acids is 1. The van der Waals surface area contributed by atoms with Crippen molar-refractivity contribution in [3.05, 3.63) is 24.0 Å². The van der Waals surface area contributed by atoms with Crippen LogP contribution in [0.5, 0.6) is 0 Å². The molecule has 0 radical (unpaired) electrons. The number of carbonyl (C=O) groups is 1. The van der Waals surface area contributed by atoms with E-state index in [9.17, 15) is 15.0 Å². The normalized spacial score (nSPS) is 18.0. The fraction of sp³-hybridized carbons (Fsp3) is 0.688. The summed E-state index contributed by atoms with van der Waals surface area (Å²) in [6, 6.07) is 3.70. The molecular weight excluding hydrogens is 268 g/mol. The second-order valence-electron chi connectivity index (χ2n) is 6.04. The zero-order valence-corrected chi connectivity index (χ0v) is 13.0. The van der Waals surface area contributed by atoms with Gasteiger partial charge in [0.15, 0.2) is 0 Å². The van der Waals surface area contributed by atoms with Crippen LogP contribution in [0, 0.1) is 0 Å². The lowest BCUT2D eigenvalue weighted by Crippen LogP contribution is -2.45. The predicted molar refractivity (Wildman–Crippen MR) is 81.6 cm³/mol. The zero-order chi connectivity index (χ0) is 15.5. The summed E-state index contributed by atoms with van der Waals surface area (Å²) in [4.78, 5) is 13.5. The Morgan fingerprint density at radius 3 is 2.48 bits per heavy atom. The van der Waals surface area contributed by atoms with Crippen LogP contribution in [0.3, 0.4) is 0 Å². The number of hydrogen-bond donors (Lipinski definition) is 2. The lowest BCUT2D eigenvalue weighted by molar-refractivity contribution is -0.0110. The van der Waals surface area contributed by atoms with E-state index in [0.29, 0.717) is 12.2 Å². The van der Waals surface area contributed by atoms with Crippen LogP contribution in [0.2, 0.25) is 0 Å². The van der Waals surface area contributed by atoms with Crippen LogP contribution in [0.1, 0.15) is 56.1 Å². The first kappa shape index (κ1) is 16.0. The number of aliphatic hydroxyl groups is 1. The molecule has 1 aliphatic rings. The Bertz CT molecular complexity index is 472. The maximum atomic E-state index is 11.2. The Balaban J connectivity index is 1.94. The zero-order valence-electron chi connectivity index (χ0n) is 13.0. The molecule has 2 rings (SSSR count). The van der Waals surface area contributed by atoms with Crippen molar-refractivity contribution in [2.45, 2.75) is 51.2 Å². The first-order valence-corrected chi connectivity index (χ1v) is 7.84. The largest absolute Gasteiger partial charge is 0.477 e. The summed E-state index contributed by atoms with van der Waals surface area (Å²) in [5, 5.41) is 19.6. The fourth-order valence-corrected chi connectivity index (χ4v) is 3.14. The molecule has 0 spiro atoms. The van der Waals surface area contributed by atoms with E-state index in [0.717, 1.165) is 38.8 Å². The van der Waals surface area contributed by atoms with Crippen molar-refractivity contribution in [1.29, 1.82) is 0 Å². The highest BCUT2D eigenvalue weighted by Gasteiger charge is 2.29. The Morgan fingerprint density at radius 2 is 1.95 bits per heavy atom. The molecule has 0 atom stereocenters. The summed E-state index contributed by atoms with van der Waals surface area (Å²) in [7, 11) is 0. The number of piperidine rings is 1. The minimum atomic E-state index is -0.867. The maximum Gasteiger partial charge on any atom is 0.352 e. The van der Waals surface area contributed by atoms with Gasteiger partial charge in [-0.3, -0.25) is 0 Å². The van der Waals surface area contributed by atoms with E-state index >= 15 is 0 Å². The number of carboxylic acids is 1. The number of likely N-dealkylation sites (tertiary alicyclic amines) is 1. The molecule has 0 bridgehead atoms. The van der Waals surface area contributed by atoms with Crippen molar-refractivity contribution in [2.75, 3.05) is 19.6 Å². The topological polar surface area (TPSA) is 65.7 Å². The summed E-state index contributed by atoms with van der Waals surface area (Å²) >= 11 is 0. The predicted octanol–water partition coefficient (Wildman–Crippen LogP) is 2.37. The van der Waals surface area contributed by atoms with Crippen LogP contribution in [-0.4, -0.2) is 50.9 Å². The van der Waals surface area contributed by atoms with Gasteiger partial charge in [0.1, 0.15) is 5.69 Å². The third-order valence-corrected chi connectivity index (χ3v) is 4.78. The third-order valence-electron chi connectivity index (χ3n) is 4.78. The van der Waals surface area contributed by atoms with Crippen molar-refractivity contribution in [2.24, 2.45) is 0 Å². The van der Waals surface area contributed by atoms with Crippen LogP contribution >= 0.6 is 0 Å². The number of rotatable bonds is 6. The highest BCUT2D eigenvalue weighted by atomic mass is 16.4. The molecule has 21 heavy (non-hydrogen) atoms. The Labute approximate surface area is 126 Å². The average Bonchev–Trinajstić information content (AvgIpc) is 2.97. The lowest BCUT2D eigenvalue weighted by atomic mass is 9.95. The molecule has 5 heteroatoms. The standard InChI is InChI=1S/C16H26N2O3/c1-3-16(21,4-2)12-17-10-7-13(8-11-17)18-9-5-6-14(18)15(19)20/h5-6,9,13,21H,3-4,7-8,10-12H2,1-2H3,(H,19,20). The van der Waals surface area contributed by atoms with Gasteiger partial charge in [-0.1, -0.05) is 13.8 Å². The van der Waals surface area contributed by atoms with Crippen molar-refractivity contribution in [1.82, 2.24) is 9.47 Å². The summed E-state index contributed by atoms with van der Waals surface area (Å²) in [5.41, 5.74) is -0.223. The van der Waals surface area contributed by atoms with Gasteiger partial charge in [-0.25, -0.2) is 4.79 Å². The van der Waals surface area contributed by atoms with E-state index in [1.54, 1.807) is 12.1 Å². The lowest BCUT2D eigenvalue weighted by Gasteiger charge is -2.38. The third kappa shape index (κ3) is 3.66. The number of nitrogens with zero attached hydrogens (tertiary/aromatic N) is 2. The summed E-state index contributed by atoms with van der Waals surface area (Å²) in [6.07, 6.45) is 5.25. The highest BCUT2D eigenvalue weighted by Crippen LogP contribution is 2.26. The SMILES string of the molecule is CCC(O)(CC)CN1CCC(n2cccc2C(=O)O)CC1. The maximum absolute atomic E-state index is 11.2. The quantitative estimate of drug-likeness (QED) is 0.845. The van der Waals surface area contributed by atoms with E-state index in [1.165, 1.54) is 0 Å². The molecule has 0 aromatic carbocycles. The van der Waals surface area contributed by atoms with Gasteiger partial charge in [0.05, 0.1) is 5.60 Å². The van der Waals surface area contributed by atoms with Gasteiger partial charge in [-0.15, -0.1) is 0 Å². The number of hydrogen-bond acceptors (Lipinski definition) is 3. The summed E-state index contributed by atoms with van der Waals surface area (Å²) in [5.74, 6) is -0.867. The summed E-state index contributed by atoms with van der Waals surface area (Å²) < 4.78 is 1.88. The second-order valence-corrected chi connectivity index (χ2v) is 6.04.